The molecule has 0 unspecified atom stereocenters. The molecule has 0 saturated heterocycles. The second-order valence-electron chi connectivity index (χ2n) is 4.57. The van der Waals surface area contributed by atoms with Gasteiger partial charge in [0, 0.05) is 0 Å². The van der Waals surface area contributed by atoms with Crippen molar-refractivity contribution in [3.05, 3.63) is 29.8 Å². The van der Waals surface area contributed by atoms with Crippen LogP contribution in [0.1, 0.15) is 44.3 Å². The van der Waals surface area contributed by atoms with Crippen LogP contribution in [-0.4, -0.2) is 11.7 Å². The fourth-order valence-electron chi connectivity index (χ4n) is 1.77. The van der Waals surface area contributed by atoms with E-state index < -0.39 is 0 Å². The van der Waals surface area contributed by atoms with Crippen LogP contribution in [0.15, 0.2) is 24.3 Å². The maximum atomic E-state index is 9.64. The van der Waals surface area contributed by atoms with Crippen LogP contribution in [0, 0.1) is 5.92 Å². The summed E-state index contributed by atoms with van der Waals surface area (Å²) in [5.74, 6) is 1.83. The summed E-state index contributed by atoms with van der Waals surface area (Å²) >= 11 is 0. The third-order valence-corrected chi connectivity index (χ3v) is 3.14. The molecule has 2 heteroatoms. The number of rotatable bonds is 6. The van der Waals surface area contributed by atoms with Crippen molar-refractivity contribution >= 4 is 0 Å². The largest absolute Gasteiger partial charge is 0.494 e. The fourth-order valence-corrected chi connectivity index (χ4v) is 1.77. The van der Waals surface area contributed by atoms with Crippen molar-refractivity contribution in [2.24, 2.45) is 5.92 Å². The smallest absolute Gasteiger partial charge is 0.119 e. The Hall–Kier alpha value is -1.02. The molecule has 1 aliphatic rings. The van der Waals surface area contributed by atoms with Crippen LogP contribution in [-0.2, 0) is 0 Å². The van der Waals surface area contributed by atoms with Gasteiger partial charge in [0.1, 0.15) is 5.75 Å². The van der Waals surface area contributed by atoms with Gasteiger partial charge in [-0.15, -0.1) is 0 Å². The molecule has 1 atom stereocenters. The molecule has 0 amide bonds. The van der Waals surface area contributed by atoms with Gasteiger partial charge in [-0.1, -0.05) is 31.9 Å². The van der Waals surface area contributed by atoms with Crippen LogP contribution >= 0.6 is 0 Å². The van der Waals surface area contributed by atoms with Crippen LogP contribution < -0.4 is 4.74 Å². The lowest BCUT2D eigenvalue weighted by molar-refractivity contribution is 0.173. The molecule has 1 N–H and O–H groups in total. The van der Waals surface area contributed by atoms with Crippen molar-refractivity contribution in [1.82, 2.24) is 0 Å². The topological polar surface area (TPSA) is 29.5 Å². The highest BCUT2D eigenvalue weighted by Gasteiger charge is 2.20. The second kappa shape index (κ2) is 5.35. The molecule has 2 rings (SSSR count). The first-order chi connectivity index (χ1) is 7.79. The third kappa shape index (κ3) is 3.24. The zero-order valence-corrected chi connectivity index (χ0v) is 9.86. The van der Waals surface area contributed by atoms with E-state index in [1.54, 1.807) is 0 Å². The van der Waals surface area contributed by atoms with Gasteiger partial charge >= 0.3 is 0 Å². The molecule has 2 nitrogen and oxygen atoms in total. The zero-order chi connectivity index (χ0) is 11.4. The van der Waals surface area contributed by atoms with E-state index in [0.29, 0.717) is 0 Å². The van der Waals surface area contributed by atoms with Gasteiger partial charge in [-0.2, -0.15) is 0 Å². The molecule has 88 valence electrons. The van der Waals surface area contributed by atoms with Gasteiger partial charge < -0.3 is 9.84 Å². The number of benzene rings is 1. The summed E-state index contributed by atoms with van der Waals surface area (Å²) in [4.78, 5) is 0. The van der Waals surface area contributed by atoms with E-state index >= 15 is 0 Å². The van der Waals surface area contributed by atoms with E-state index in [1.165, 1.54) is 19.3 Å². The highest BCUT2D eigenvalue weighted by Crippen LogP contribution is 2.32. The van der Waals surface area contributed by atoms with E-state index in [9.17, 15) is 5.11 Å². The summed E-state index contributed by atoms with van der Waals surface area (Å²) in [5.41, 5.74) is 0.969. The Morgan fingerprint density at radius 1 is 1.31 bits per heavy atom. The Labute approximate surface area is 97.3 Å². The van der Waals surface area contributed by atoms with Gasteiger partial charge in [0.05, 0.1) is 12.7 Å². The molecule has 0 aliphatic heterocycles. The summed E-state index contributed by atoms with van der Waals surface area (Å²) in [6.45, 7) is 2.80. The normalized spacial score (nSPS) is 17.1. The van der Waals surface area contributed by atoms with E-state index in [1.807, 2.05) is 31.2 Å². The molecular formula is C14H20O2. The molecule has 1 aromatic rings. The zero-order valence-electron chi connectivity index (χ0n) is 9.86. The predicted molar refractivity (Wildman–Crippen MR) is 64.5 cm³/mol. The Bertz CT molecular complexity index is 314. The van der Waals surface area contributed by atoms with E-state index in [4.69, 9.17) is 4.74 Å². The highest BCUT2D eigenvalue weighted by molar-refractivity contribution is 5.28. The molecule has 0 bridgehead atoms. The van der Waals surface area contributed by atoms with Crippen molar-refractivity contribution in [3.63, 3.8) is 0 Å². The van der Waals surface area contributed by atoms with Crippen molar-refractivity contribution in [3.8, 4) is 5.75 Å². The van der Waals surface area contributed by atoms with Gasteiger partial charge in [-0.3, -0.25) is 0 Å². The van der Waals surface area contributed by atoms with Gasteiger partial charge in [-0.25, -0.2) is 0 Å². The van der Waals surface area contributed by atoms with Crippen molar-refractivity contribution in [2.75, 3.05) is 6.61 Å². The molecule has 0 radical (unpaired) electrons. The summed E-state index contributed by atoms with van der Waals surface area (Å²) in [7, 11) is 0. The summed E-state index contributed by atoms with van der Waals surface area (Å²) in [5, 5.41) is 9.64. The van der Waals surface area contributed by atoms with Crippen molar-refractivity contribution in [2.45, 2.75) is 38.7 Å². The number of hydrogen-bond acceptors (Lipinski definition) is 2. The lowest BCUT2D eigenvalue weighted by Crippen LogP contribution is -1.99. The van der Waals surface area contributed by atoms with Crippen LogP contribution in [0.2, 0.25) is 0 Å². The minimum atomic E-state index is -0.347. The Kier molecular flexibility index (Phi) is 3.83. The van der Waals surface area contributed by atoms with Crippen LogP contribution in [0.5, 0.6) is 5.75 Å². The standard InChI is InChI=1S/C14H20O2/c1-2-14(15)12-5-7-13(8-6-12)16-10-9-11-3-4-11/h5-8,11,14-15H,2-4,9-10H2,1H3/t14-/m1/s1. The van der Waals surface area contributed by atoms with Gasteiger partial charge in [0.15, 0.2) is 0 Å². The number of ether oxygens (including phenoxy) is 1. The SMILES string of the molecule is CC[C@@H](O)c1ccc(OCCC2CC2)cc1. The molecule has 1 saturated carbocycles. The minimum absolute atomic E-state index is 0.347. The predicted octanol–water partition coefficient (Wildman–Crippen LogP) is 3.31. The van der Waals surface area contributed by atoms with Crippen molar-refractivity contribution in [1.29, 1.82) is 0 Å². The van der Waals surface area contributed by atoms with E-state index in [-0.39, 0.29) is 6.10 Å². The molecule has 1 aromatic carbocycles. The summed E-state index contributed by atoms with van der Waals surface area (Å²) in [6, 6.07) is 7.78. The monoisotopic (exact) mass is 220 g/mol. The van der Waals surface area contributed by atoms with Crippen LogP contribution in [0.25, 0.3) is 0 Å². The number of aliphatic hydroxyl groups excluding tert-OH is 1. The Morgan fingerprint density at radius 3 is 2.56 bits per heavy atom. The molecule has 1 fully saturated rings. The summed E-state index contributed by atoms with van der Waals surface area (Å²) < 4.78 is 5.64. The highest BCUT2D eigenvalue weighted by atomic mass is 16.5. The third-order valence-electron chi connectivity index (χ3n) is 3.14. The first-order valence-electron chi connectivity index (χ1n) is 6.20. The Morgan fingerprint density at radius 2 is 2.00 bits per heavy atom. The number of aliphatic hydroxyl groups is 1. The average molecular weight is 220 g/mol. The quantitative estimate of drug-likeness (QED) is 0.797. The average Bonchev–Trinajstić information content (AvgIpc) is 3.13. The molecule has 1 aliphatic carbocycles. The van der Waals surface area contributed by atoms with Crippen LogP contribution in [0.4, 0.5) is 0 Å². The molecule has 0 aromatic heterocycles. The summed E-state index contributed by atoms with van der Waals surface area (Å²) in [6.07, 6.45) is 4.34. The first-order valence-corrected chi connectivity index (χ1v) is 6.20. The van der Waals surface area contributed by atoms with Gasteiger partial charge in [0.25, 0.3) is 0 Å². The molecule has 0 heterocycles. The van der Waals surface area contributed by atoms with Crippen molar-refractivity contribution < 1.29 is 9.84 Å². The van der Waals surface area contributed by atoms with Gasteiger partial charge in [-0.05, 0) is 36.5 Å². The minimum Gasteiger partial charge on any atom is -0.494 e. The second-order valence-corrected chi connectivity index (χ2v) is 4.57. The number of hydrogen-bond donors (Lipinski definition) is 1. The lowest BCUT2D eigenvalue weighted by Gasteiger charge is -2.10. The molecule has 0 spiro atoms. The molecule has 16 heavy (non-hydrogen) atoms. The first kappa shape index (κ1) is 11.5. The van der Waals surface area contributed by atoms with Crippen LogP contribution in [0.3, 0.4) is 0 Å². The Balaban J connectivity index is 1.80. The fraction of sp³-hybridized carbons (Fsp3) is 0.571. The molecular weight excluding hydrogens is 200 g/mol. The maximum absolute atomic E-state index is 9.64. The van der Waals surface area contributed by atoms with E-state index in [2.05, 4.69) is 0 Å². The van der Waals surface area contributed by atoms with E-state index in [0.717, 1.165) is 30.3 Å². The van der Waals surface area contributed by atoms with Gasteiger partial charge in [0.2, 0.25) is 0 Å². The lowest BCUT2D eigenvalue weighted by atomic mass is 10.1. The maximum Gasteiger partial charge on any atom is 0.119 e.